The molecule has 0 aromatic heterocycles. The van der Waals surface area contributed by atoms with Gasteiger partial charge in [-0.05, 0) is 25.5 Å². The highest BCUT2D eigenvalue weighted by Crippen LogP contribution is 2.11. The lowest BCUT2D eigenvalue weighted by atomic mass is 10.1. The second-order valence-electron chi connectivity index (χ2n) is 2.77. The molecule has 0 aliphatic rings. The molecule has 0 spiro atoms. The van der Waals surface area contributed by atoms with Crippen molar-refractivity contribution < 1.29 is 9.63 Å². The predicted molar refractivity (Wildman–Crippen MR) is 47.1 cm³/mol. The van der Waals surface area contributed by atoms with E-state index in [1.165, 1.54) is 0 Å². The Morgan fingerprint density at radius 1 is 1.38 bits per heavy atom. The number of rotatable bonds is 2. The first-order valence-corrected chi connectivity index (χ1v) is 3.76. The highest BCUT2D eigenvalue weighted by Gasteiger charge is 2.10. The molecule has 68 valence electrons. The van der Waals surface area contributed by atoms with Gasteiger partial charge in [-0.25, -0.2) is 4.79 Å². The van der Waals surface area contributed by atoms with Gasteiger partial charge < -0.3 is 0 Å². The lowest BCUT2D eigenvalue weighted by molar-refractivity contribution is 0.0507. The maximum atomic E-state index is 11.1. The quantitative estimate of drug-likeness (QED) is 0.516. The summed E-state index contributed by atoms with van der Waals surface area (Å²) in [6.07, 6.45) is 0. The van der Waals surface area contributed by atoms with Crippen LogP contribution in [0.4, 0.5) is 0 Å². The molecule has 1 aromatic rings. The summed E-state index contributed by atoms with van der Waals surface area (Å²) >= 11 is 0. The van der Waals surface area contributed by atoms with Crippen molar-refractivity contribution in [2.24, 2.45) is 5.34 Å². The summed E-state index contributed by atoms with van der Waals surface area (Å²) in [5, 5.41) is 2.08. The molecule has 0 unspecified atom stereocenters. The van der Waals surface area contributed by atoms with Gasteiger partial charge in [0.25, 0.3) is 0 Å². The van der Waals surface area contributed by atoms with E-state index in [1.54, 1.807) is 19.1 Å². The third-order valence-electron chi connectivity index (χ3n) is 1.73. The predicted octanol–water partition coefficient (Wildman–Crippen LogP) is 2.14. The van der Waals surface area contributed by atoms with E-state index in [4.69, 9.17) is 0 Å². The molecule has 0 saturated carbocycles. The molecule has 0 N–H and O–H groups in total. The molecule has 0 atom stereocenters. The molecule has 1 rings (SSSR count). The van der Waals surface area contributed by atoms with E-state index in [-0.39, 0.29) is 0 Å². The molecule has 0 fully saturated rings. The first-order valence-electron chi connectivity index (χ1n) is 3.76. The fourth-order valence-corrected chi connectivity index (χ4v) is 1.04. The highest BCUT2D eigenvalue weighted by molar-refractivity contribution is 5.91. The van der Waals surface area contributed by atoms with Gasteiger partial charge in [-0.15, -0.1) is 4.91 Å². The Balaban J connectivity index is 3.05. The molecule has 0 saturated heterocycles. The number of aryl methyl sites for hydroxylation is 2. The number of benzene rings is 1. The summed E-state index contributed by atoms with van der Waals surface area (Å²) in [4.78, 5) is 24.8. The van der Waals surface area contributed by atoms with Gasteiger partial charge in [0.05, 0.1) is 5.56 Å². The molecule has 4 nitrogen and oxygen atoms in total. The molecular weight excluding hydrogens is 170 g/mol. The van der Waals surface area contributed by atoms with Crippen LogP contribution in [-0.2, 0) is 4.84 Å². The minimum absolute atomic E-state index is 0.375. The van der Waals surface area contributed by atoms with Crippen molar-refractivity contribution in [1.82, 2.24) is 0 Å². The Labute approximate surface area is 75.5 Å². The van der Waals surface area contributed by atoms with Gasteiger partial charge in [0, 0.05) is 0 Å². The van der Waals surface area contributed by atoms with E-state index in [2.05, 4.69) is 10.2 Å². The van der Waals surface area contributed by atoms with Crippen LogP contribution in [0.3, 0.4) is 0 Å². The van der Waals surface area contributed by atoms with Crippen LogP contribution in [-0.4, -0.2) is 5.97 Å². The molecule has 13 heavy (non-hydrogen) atoms. The first-order chi connectivity index (χ1) is 6.15. The fraction of sp³-hybridized carbons (Fsp3) is 0.222. The second kappa shape index (κ2) is 3.80. The van der Waals surface area contributed by atoms with Crippen molar-refractivity contribution in [1.29, 1.82) is 0 Å². The van der Waals surface area contributed by atoms with Crippen LogP contribution in [0.5, 0.6) is 0 Å². The Kier molecular flexibility index (Phi) is 2.74. The summed E-state index contributed by atoms with van der Waals surface area (Å²) in [7, 11) is 0. The molecule has 0 aliphatic heterocycles. The monoisotopic (exact) mass is 179 g/mol. The standard InChI is InChI=1S/C9H9NO3/c1-6-3-4-7(2)8(5-6)9(11)13-10-12/h3-5H,1-2H3. The Bertz CT molecular complexity index is 347. The molecule has 4 heteroatoms. The van der Waals surface area contributed by atoms with Crippen LogP contribution >= 0.6 is 0 Å². The van der Waals surface area contributed by atoms with Gasteiger partial charge >= 0.3 is 5.97 Å². The molecule has 0 heterocycles. The smallest absolute Gasteiger partial charge is 0.279 e. The van der Waals surface area contributed by atoms with Gasteiger partial charge in [0.1, 0.15) is 0 Å². The number of nitrogens with zero attached hydrogens (tertiary/aromatic N) is 1. The van der Waals surface area contributed by atoms with Crippen LogP contribution in [0.1, 0.15) is 21.5 Å². The zero-order valence-electron chi connectivity index (χ0n) is 7.40. The van der Waals surface area contributed by atoms with Gasteiger partial charge in [0.2, 0.25) is 0 Å². The fourth-order valence-electron chi connectivity index (χ4n) is 1.04. The van der Waals surface area contributed by atoms with Crippen LogP contribution in [0.25, 0.3) is 0 Å². The van der Waals surface area contributed by atoms with Crippen molar-refractivity contribution in [2.45, 2.75) is 13.8 Å². The second-order valence-corrected chi connectivity index (χ2v) is 2.77. The Hall–Kier alpha value is -1.71. The van der Waals surface area contributed by atoms with Crippen LogP contribution in [0.15, 0.2) is 23.5 Å². The zero-order chi connectivity index (χ0) is 9.84. The molecular formula is C9H9NO3. The minimum atomic E-state index is -0.712. The summed E-state index contributed by atoms with van der Waals surface area (Å²) in [5.41, 5.74) is 2.07. The van der Waals surface area contributed by atoms with Gasteiger partial charge in [-0.3, -0.25) is 4.84 Å². The van der Waals surface area contributed by atoms with Crippen LogP contribution < -0.4 is 0 Å². The third kappa shape index (κ3) is 2.11. The van der Waals surface area contributed by atoms with Gasteiger partial charge in [-0.1, -0.05) is 17.7 Å². The topological polar surface area (TPSA) is 55.7 Å². The lowest BCUT2D eigenvalue weighted by Crippen LogP contribution is -2.03. The normalized spacial score (nSPS) is 9.38. The van der Waals surface area contributed by atoms with E-state index in [9.17, 15) is 9.70 Å². The van der Waals surface area contributed by atoms with Crippen molar-refractivity contribution in [2.75, 3.05) is 0 Å². The van der Waals surface area contributed by atoms with Crippen molar-refractivity contribution in [3.8, 4) is 0 Å². The SMILES string of the molecule is Cc1ccc(C)c(C(=O)ON=O)c1. The Morgan fingerprint density at radius 2 is 2.08 bits per heavy atom. The van der Waals surface area contributed by atoms with Crippen LogP contribution in [0.2, 0.25) is 0 Å². The van der Waals surface area contributed by atoms with Gasteiger partial charge in [0.15, 0.2) is 5.34 Å². The summed E-state index contributed by atoms with van der Waals surface area (Å²) in [5.74, 6) is -0.712. The number of carbonyl (C=O) groups excluding carboxylic acids is 1. The summed E-state index contributed by atoms with van der Waals surface area (Å²) in [6, 6.07) is 5.32. The molecule has 0 aliphatic carbocycles. The maximum absolute atomic E-state index is 11.1. The van der Waals surface area contributed by atoms with E-state index in [0.717, 1.165) is 11.1 Å². The maximum Gasteiger partial charge on any atom is 0.369 e. The van der Waals surface area contributed by atoms with E-state index >= 15 is 0 Å². The third-order valence-corrected chi connectivity index (χ3v) is 1.73. The van der Waals surface area contributed by atoms with E-state index in [1.807, 2.05) is 13.0 Å². The van der Waals surface area contributed by atoms with Crippen molar-refractivity contribution in [3.05, 3.63) is 39.8 Å². The average molecular weight is 179 g/mol. The molecule has 0 amide bonds. The number of hydrogen-bond acceptors (Lipinski definition) is 4. The lowest BCUT2D eigenvalue weighted by Gasteiger charge is -2.01. The first kappa shape index (κ1) is 9.38. The largest absolute Gasteiger partial charge is 0.369 e. The van der Waals surface area contributed by atoms with E-state index < -0.39 is 5.97 Å². The molecule has 0 bridgehead atoms. The van der Waals surface area contributed by atoms with Crippen molar-refractivity contribution in [3.63, 3.8) is 0 Å². The van der Waals surface area contributed by atoms with Gasteiger partial charge in [-0.2, -0.15) is 0 Å². The molecule has 1 aromatic carbocycles. The summed E-state index contributed by atoms with van der Waals surface area (Å²) < 4.78 is 0. The minimum Gasteiger partial charge on any atom is -0.279 e. The number of carbonyl (C=O) groups is 1. The average Bonchev–Trinajstić information content (AvgIpc) is 2.09. The Morgan fingerprint density at radius 3 is 2.69 bits per heavy atom. The zero-order valence-corrected chi connectivity index (χ0v) is 7.40. The number of hydrogen-bond donors (Lipinski definition) is 0. The van der Waals surface area contributed by atoms with Crippen LogP contribution in [0, 0.1) is 18.8 Å². The summed E-state index contributed by atoms with van der Waals surface area (Å²) in [6.45, 7) is 3.62. The van der Waals surface area contributed by atoms with E-state index in [0.29, 0.717) is 5.56 Å². The van der Waals surface area contributed by atoms with Crippen molar-refractivity contribution >= 4 is 5.97 Å². The molecule has 0 radical (unpaired) electrons. The highest BCUT2D eigenvalue weighted by atomic mass is 16.7.